The summed E-state index contributed by atoms with van der Waals surface area (Å²) < 4.78 is 1.25. The molecule has 0 spiro atoms. The van der Waals surface area contributed by atoms with Crippen molar-refractivity contribution >= 4 is 5.69 Å². The van der Waals surface area contributed by atoms with E-state index in [-0.39, 0.29) is 5.48 Å². The quantitative estimate of drug-likeness (QED) is 0.128. The zero-order chi connectivity index (χ0) is 22.5. The number of unbranched alkanes of at least 4 members (excludes halogenated alkanes) is 15. The second kappa shape index (κ2) is 22.0. The number of hydrogen-bond donors (Lipinski definition) is 0. The SMILES string of the molecule is CCCCCCCC[N+](CCCCCCCC)(CCCCCCCC)c1ccccc1.[OH-]. The molecule has 0 fully saturated rings. The van der Waals surface area contributed by atoms with Gasteiger partial charge >= 0.3 is 0 Å². The summed E-state index contributed by atoms with van der Waals surface area (Å²) in [6.45, 7) is 11.0. The van der Waals surface area contributed by atoms with Crippen molar-refractivity contribution in [3.8, 4) is 0 Å². The third-order valence-electron chi connectivity index (χ3n) is 7.12. The van der Waals surface area contributed by atoms with Gasteiger partial charge in [-0.15, -0.1) is 0 Å². The Morgan fingerprint density at radius 3 is 1.09 bits per heavy atom. The van der Waals surface area contributed by atoms with Gasteiger partial charge in [-0.3, -0.25) is 4.48 Å². The van der Waals surface area contributed by atoms with Gasteiger partial charge in [-0.1, -0.05) is 116 Å². The first-order valence-electron chi connectivity index (χ1n) is 14.2. The molecule has 0 saturated carbocycles. The van der Waals surface area contributed by atoms with Crippen molar-refractivity contribution in [3.05, 3.63) is 30.3 Å². The fraction of sp³-hybridized carbons (Fsp3) is 0.800. The van der Waals surface area contributed by atoms with Crippen molar-refractivity contribution in [3.63, 3.8) is 0 Å². The van der Waals surface area contributed by atoms with Gasteiger partial charge in [-0.25, -0.2) is 0 Å². The molecule has 1 rings (SSSR count). The Balaban J connectivity index is 0.00000961. The minimum Gasteiger partial charge on any atom is -0.870 e. The first kappa shape index (κ1) is 31.1. The van der Waals surface area contributed by atoms with E-state index >= 15 is 0 Å². The average Bonchev–Trinajstić information content (AvgIpc) is 2.80. The molecule has 0 atom stereocenters. The Labute approximate surface area is 202 Å². The Morgan fingerprint density at radius 2 is 0.750 bits per heavy atom. The average molecular weight is 448 g/mol. The van der Waals surface area contributed by atoms with Crippen molar-refractivity contribution in [2.75, 3.05) is 19.6 Å². The Bertz CT molecular complexity index is 446. The predicted octanol–water partition coefficient (Wildman–Crippen LogP) is 9.90. The van der Waals surface area contributed by atoms with Gasteiger partial charge in [0, 0.05) is 0 Å². The highest BCUT2D eigenvalue weighted by Crippen LogP contribution is 2.27. The maximum atomic E-state index is 2.42. The van der Waals surface area contributed by atoms with Gasteiger partial charge < -0.3 is 5.48 Å². The molecule has 2 heteroatoms. The van der Waals surface area contributed by atoms with E-state index in [1.807, 2.05) is 0 Å². The van der Waals surface area contributed by atoms with Crippen LogP contribution in [0.3, 0.4) is 0 Å². The van der Waals surface area contributed by atoms with E-state index < -0.39 is 0 Å². The summed E-state index contributed by atoms with van der Waals surface area (Å²) >= 11 is 0. The zero-order valence-electron chi connectivity index (χ0n) is 22.1. The predicted molar refractivity (Wildman–Crippen MR) is 145 cm³/mol. The molecule has 0 aromatic heterocycles. The fourth-order valence-corrected chi connectivity index (χ4v) is 5.05. The van der Waals surface area contributed by atoms with Crippen molar-refractivity contribution in [1.29, 1.82) is 0 Å². The number of nitrogens with zero attached hydrogens (tertiary/aromatic N) is 1. The number of para-hydroxylation sites is 1. The first-order chi connectivity index (χ1) is 15.3. The van der Waals surface area contributed by atoms with E-state index in [0.717, 1.165) is 0 Å². The summed E-state index contributed by atoms with van der Waals surface area (Å²) in [5.41, 5.74) is 1.58. The minimum atomic E-state index is 0. The Kier molecular flexibility index (Phi) is 21.4. The third-order valence-corrected chi connectivity index (χ3v) is 7.12. The standard InChI is InChI=1S/C30H56N.H2O/c1-4-7-10-13-16-22-27-31(30-25-20-19-21-26-30,28-23-17-14-11-8-5-2)29-24-18-15-12-9-6-3;/h19-21,25-26H,4-18,22-24,27-29H2,1-3H3;1H2/q+1;/p-1. The van der Waals surface area contributed by atoms with E-state index in [1.165, 1.54) is 140 Å². The second-order valence-electron chi connectivity index (χ2n) is 9.95. The van der Waals surface area contributed by atoms with Crippen LogP contribution in [0.4, 0.5) is 5.69 Å². The van der Waals surface area contributed by atoms with Crippen LogP contribution >= 0.6 is 0 Å². The lowest BCUT2D eigenvalue weighted by atomic mass is 10.0. The van der Waals surface area contributed by atoms with E-state index in [4.69, 9.17) is 0 Å². The summed E-state index contributed by atoms with van der Waals surface area (Å²) in [4.78, 5) is 0. The monoisotopic (exact) mass is 447 g/mol. The molecule has 32 heavy (non-hydrogen) atoms. The Morgan fingerprint density at radius 1 is 0.438 bits per heavy atom. The maximum Gasteiger partial charge on any atom is 0.132 e. The van der Waals surface area contributed by atoms with Crippen LogP contribution in [0.25, 0.3) is 0 Å². The van der Waals surface area contributed by atoms with Crippen LogP contribution in [0.5, 0.6) is 0 Å². The molecule has 0 unspecified atom stereocenters. The van der Waals surface area contributed by atoms with Crippen LogP contribution in [-0.2, 0) is 0 Å². The summed E-state index contributed by atoms with van der Waals surface area (Å²) in [6.07, 6.45) is 25.3. The van der Waals surface area contributed by atoms with Gasteiger partial charge in [-0.05, 0) is 50.7 Å². The van der Waals surface area contributed by atoms with Crippen LogP contribution in [-0.4, -0.2) is 25.1 Å². The molecular formula is C30H57NO. The maximum absolute atomic E-state index is 2.42. The van der Waals surface area contributed by atoms with E-state index in [2.05, 4.69) is 51.1 Å². The van der Waals surface area contributed by atoms with Crippen LogP contribution in [0, 0.1) is 0 Å². The number of hydrogen-bond acceptors (Lipinski definition) is 1. The molecule has 1 aromatic rings. The molecule has 1 aromatic carbocycles. The number of benzene rings is 1. The van der Waals surface area contributed by atoms with Gasteiger partial charge in [0.05, 0.1) is 19.6 Å². The lowest BCUT2D eigenvalue weighted by Gasteiger charge is -2.39. The molecule has 0 aliphatic rings. The second-order valence-corrected chi connectivity index (χ2v) is 9.95. The van der Waals surface area contributed by atoms with E-state index in [9.17, 15) is 0 Å². The molecule has 0 aliphatic carbocycles. The Hall–Kier alpha value is -0.860. The fourth-order valence-electron chi connectivity index (χ4n) is 5.05. The third kappa shape index (κ3) is 14.3. The summed E-state index contributed by atoms with van der Waals surface area (Å²) in [5.74, 6) is 0. The smallest absolute Gasteiger partial charge is 0.132 e. The lowest BCUT2D eigenvalue weighted by molar-refractivity contribution is 0.252. The van der Waals surface area contributed by atoms with Gasteiger partial charge in [0.1, 0.15) is 5.69 Å². The molecule has 0 amide bonds. The van der Waals surface area contributed by atoms with Crippen LogP contribution in [0.15, 0.2) is 30.3 Å². The van der Waals surface area contributed by atoms with Crippen LogP contribution in [0.1, 0.15) is 136 Å². The molecule has 1 N–H and O–H groups in total. The lowest BCUT2D eigenvalue weighted by Crippen LogP contribution is -2.51. The number of rotatable bonds is 22. The largest absolute Gasteiger partial charge is 0.870 e. The normalized spacial score (nSPS) is 11.5. The topological polar surface area (TPSA) is 30.0 Å². The zero-order valence-corrected chi connectivity index (χ0v) is 22.1. The molecule has 0 heterocycles. The summed E-state index contributed by atoms with van der Waals surface area (Å²) in [5, 5.41) is 0. The van der Waals surface area contributed by atoms with Crippen molar-refractivity contribution in [2.45, 2.75) is 136 Å². The molecular weight excluding hydrogens is 390 g/mol. The highest BCUT2D eigenvalue weighted by molar-refractivity contribution is 5.42. The minimum absolute atomic E-state index is 0. The summed E-state index contributed by atoms with van der Waals surface area (Å²) in [6, 6.07) is 11.6. The number of quaternary nitrogens is 1. The van der Waals surface area contributed by atoms with Crippen molar-refractivity contribution in [1.82, 2.24) is 4.48 Å². The van der Waals surface area contributed by atoms with Crippen LogP contribution in [0.2, 0.25) is 0 Å². The molecule has 0 saturated heterocycles. The first-order valence-corrected chi connectivity index (χ1v) is 14.2. The van der Waals surface area contributed by atoms with Gasteiger partial charge in [-0.2, -0.15) is 0 Å². The van der Waals surface area contributed by atoms with Gasteiger partial charge in [0.15, 0.2) is 0 Å². The van der Waals surface area contributed by atoms with Crippen molar-refractivity contribution in [2.24, 2.45) is 0 Å². The van der Waals surface area contributed by atoms with E-state index in [1.54, 1.807) is 5.69 Å². The highest BCUT2D eigenvalue weighted by atomic mass is 16.0. The van der Waals surface area contributed by atoms with Crippen molar-refractivity contribution < 1.29 is 5.48 Å². The molecule has 188 valence electrons. The highest BCUT2D eigenvalue weighted by Gasteiger charge is 2.29. The molecule has 0 aliphatic heterocycles. The molecule has 0 radical (unpaired) electrons. The van der Waals surface area contributed by atoms with Gasteiger partial charge in [0.2, 0.25) is 0 Å². The summed E-state index contributed by atoms with van der Waals surface area (Å²) in [7, 11) is 0. The van der Waals surface area contributed by atoms with Crippen LogP contribution < -0.4 is 4.48 Å². The van der Waals surface area contributed by atoms with E-state index in [0.29, 0.717) is 0 Å². The molecule has 2 nitrogen and oxygen atoms in total. The van der Waals surface area contributed by atoms with Gasteiger partial charge in [0.25, 0.3) is 0 Å². The molecule has 0 bridgehead atoms.